The summed E-state index contributed by atoms with van der Waals surface area (Å²) in [6.45, 7) is 4.03. The van der Waals surface area contributed by atoms with Crippen molar-refractivity contribution >= 4 is 11.3 Å². The second-order valence-electron chi connectivity index (χ2n) is 4.79. The molecule has 96 valence electrons. The molecule has 0 aliphatic heterocycles. The number of hydrogen-bond acceptors (Lipinski definition) is 4. The Morgan fingerprint density at radius 3 is 3.17 bits per heavy atom. The molecule has 2 aromatic heterocycles. The molecule has 0 unspecified atom stereocenters. The van der Waals surface area contributed by atoms with Crippen LogP contribution in [0.5, 0.6) is 0 Å². The number of thiazole rings is 1. The second kappa shape index (κ2) is 5.20. The van der Waals surface area contributed by atoms with Crippen LogP contribution in [0.1, 0.15) is 31.9 Å². The minimum Gasteiger partial charge on any atom is -0.308 e. The van der Waals surface area contributed by atoms with Crippen molar-refractivity contribution in [2.45, 2.75) is 45.3 Å². The molecule has 1 saturated carbocycles. The molecule has 1 fully saturated rings. The molecule has 18 heavy (non-hydrogen) atoms. The third kappa shape index (κ3) is 2.79. The zero-order valence-corrected chi connectivity index (χ0v) is 11.4. The van der Waals surface area contributed by atoms with Crippen LogP contribution in [0.3, 0.4) is 0 Å². The first-order chi connectivity index (χ1) is 8.85. The van der Waals surface area contributed by atoms with Crippen LogP contribution >= 0.6 is 11.3 Å². The molecule has 2 heterocycles. The first kappa shape index (κ1) is 11.9. The van der Waals surface area contributed by atoms with Gasteiger partial charge in [-0.15, -0.1) is 11.3 Å². The van der Waals surface area contributed by atoms with Crippen LogP contribution in [0.4, 0.5) is 0 Å². The van der Waals surface area contributed by atoms with E-state index >= 15 is 0 Å². The van der Waals surface area contributed by atoms with E-state index in [2.05, 4.69) is 33.9 Å². The molecule has 0 atom stereocenters. The Bertz CT molecular complexity index is 513. The summed E-state index contributed by atoms with van der Waals surface area (Å²) in [5.74, 6) is 0. The molecule has 1 aliphatic rings. The topological polar surface area (TPSA) is 42.7 Å². The molecule has 1 aliphatic carbocycles. The Morgan fingerprint density at radius 2 is 2.39 bits per heavy atom. The predicted molar refractivity (Wildman–Crippen MR) is 73.5 cm³/mol. The molecule has 2 aromatic rings. The van der Waals surface area contributed by atoms with E-state index < -0.39 is 0 Å². The van der Waals surface area contributed by atoms with E-state index in [1.54, 1.807) is 11.3 Å². The summed E-state index contributed by atoms with van der Waals surface area (Å²) in [6, 6.07) is 0.738. The molecule has 0 saturated heterocycles. The molecule has 3 rings (SSSR count). The third-order valence-electron chi connectivity index (χ3n) is 3.03. The highest BCUT2D eigenvalue weighted by molar-refractivity contribution is 7.13. The molecule has 0 spiro atoms. The maximum absolute atomic E-state index is 4.66. The fraction of sp³-hybridized carbons (Fsp3) is 0.538. The molecule has 0 radical (unpaired) electrons. The van der Waals surface area contributed by atoms with Crippen molar-refractivity contribution in [3.8, 4) is 10.6 Å². The van der Waals surface area contributed by atoms with E-state index in [0.29, 0.717) is 0 Å². The SMILES string of the molecule is CCCn1cc(-c2nc(CNC3CC3)cs2)cn1. The molecular weight excluding hydrogens is 244 g/mol. The summed E-state index contributed by atoms with van der Waals surface area (Å²) in [6.07, 6.45) is 7.74. The molecule has 0 amide bonds. The van der Waals surface area contributed by atoms with Crippen LogP contribution in [0, 0.1) is 0 Å². The molecular formula is C13H18N4S. The van der Waals surface area contributed by atoms with Crippen LogP contribution in [-0.2, 0) is 13.1 Å². The predicted octanol–water partition coefficient (Wildman–Crippen LogP) is 2.67. The first-order valence-electron chi connectivity index (χ1n) is 6.56. The van der Waals surface area contributed by atoms with Gasteiger partial charge in [0, 0.05) is 36.3 Å². The smallest absolute Gasteiger partial charge is 0.126 e. The maximum Gasteiger partial charge on any atom is 0.126 e. The maximum atomic E-state index is 4.66. The molecule has 4 nitrogen and oxygen atoms in total. The minimum atomic E-state index is 0.738. The van der Waals surface area contributed by atoms with Gasteiger partial charge in [-0.25, -0.2) is 4.98 Å². The van der Waals surface area contributed by atoms with E-state index in [-0.39, 0.29) is 0 Å². The van der Waals surface area contributed by atoms with Crippen molar-refractivity contribution in [3.05, 3.63) is 23.5 Å². The number of hydrogen-bond donors (Lipinski definition) is 1. The van der Waals surface area contributed by atoms with Crippen molar-refractivity contribution in [2.24, 2.45) is 0 Å². The largest absolute Gasteiger partial charge is 0.308 e. The summed E-state index contributed by atoms with van der Waals surface area (Å²) >= 11 is 1.70. The van der Waals surface area contributed by atoms with Gasteiger partial charge in [0.2, 0.25) is 0 Å². The van der Waals surface area contributed by atoms with Gasteiger partial charge in [0.05, 0.1) is 11.9 Å². The van der Waals surface area contributed by atoms with Gasteiger partial charge in [-0.05, 0) is 19.3 Å². The lowest BCUT2D eigenvalue weighted by molar-refractivity contribution is 0.603. The van der Waals surface area contributed by atoms with Gasteiger partial charge in [-0.2, -0.15) is 5.10 Å². The fourth-order valence-electron chi connectivity index (χ4n) is 1.88. The standard InChI is InChI=1S/C13H18N4S/c1-2-5-17-8-10(6-15-17)13-16-12(9-18-13)7-14-11-3-4-11/h6,8-9,11,14H,2-5,7H2,1H3. The van der Waals surface area contributed by atoms with Crippen LogP contribution in [-0.4, -0.2) is 20.8 Å². The molecule has 0 bridgehead atoms. The summed E-state index contributed by atoms with van der Waals surface area (Å²) in [4.78, 5) is 4.66. The first-order valence-corrected chi connectivity index (χ1v) is 7.43. The zero-order chi connectivity index (χ0) is 12.4. The van der Waals surface area contributed by atoms with Crippen LogP contribution < -0.4 is 5.32 Å². The highest BCUT2D eigenvalue weighted by Crippen LogP contribution is 2.24. The molecule has 0 aromatic carbocycles. The highest BCUT2D eigenvalue weighted by Gasteiger charge is 2.20. The third-order valence-corrected chi connectivity index (χ3v) is 3.97. The molecule has 5 heteroatoms. The van der Waals surface area contributed by atoms with Gasteiger partial charge in [-0.3, -0.25) is 4.68 Å². The van der Waals surface area contributed by atoms with Crippen molar-refractivity contribution in [1.29, 1.82) is 0 Å². The Labute approximate surface area is 111 Å². The Morgan fingerprint density at radius 1 is 1.50 bits per heavy atom. The monoisotopic (exact) mass is 262 g/mol. The zero-order valence-electron chi connectivity index (χ0n) is 10.6. The molecule has 1 N–H and O–H groups in total. The van der Waals surface area contributed by atoms with E-state index in [9.17, 15) is 0 Å². The normalized spacial score (nSPS) is 15.2. The van der Waals surface area contributed by atoms with Gasteiger partial charge in [-0.1, -0.05) is 6.92 Å². The van der Waals surface area contributed by atoms with Crippen molar-refractivity contribution in [3.63, 3.8) is 0 Å². The van der Waals surface area contributed by atoms with Gasteiger partial charge < -0.3 is 5.32 Å². The Hall–Kier alpha value is -1.20. The van der Waals surface area contributed by atoms with E-state index in [4.69, 9.17) is 0 Å². The lowest BCUT2D eigenvalue weighted by Crippen LogP contribution is -2.15. The number of nitrogens with zero attached hydrogens (tertiary/aromatic N) is 3. The fourth-order valence-corrected chi connectivity index (χ4v) is 2.68. The van der Waals surface area contributed by atoms with Crippen molar-refractivity contribution < 1.29 is 0 Å². The van der Waals surface area contributed by atoms with Crippen molar-refractivity contribution in [1.82, 2.24) is 20.1 Å². The van der Waals surface area contributed by atoms with E-state index in [1.807, 2.05) is 10.9 Å². The quantitative estimate of drug-likeness (QED) is 0.870. The average molecular weight is 262 g/mol. The number of rotatable bonds is 6. The summed E-state index contributed by atoms with van der Waals surface area (Å²) in [7, 11) is 0. The lowest BCUT2D eigenvalue weighted by atomic mass is 10.4. The summed E-state index contributed by atoms with van der Waals surface area (Å²) in [5, 5.41) is 11.0. The van der Waals surface area contributed by atoms with Gasteiger partial charge in [0.1, 0.15) is 5.01 Å². The van der Waals surface area contributed by atoms with Gasteiger partial charge in [0.25, 0.3) is 0 Å². The van der Waals surface area contributed by atoms with E-state index in [0.717, 1.165) is 41.8 Å². The Kier molecular flexibility index (Phi) is 3.43. The van der Waals surface area contributed by atoms with Crippen LogP contribution in [0.2, 0.25) is 0 Å². The van der Waals surface area contributed by atoms with Gasteiger partial charge >= 0.3 is 0 Å². The summed E-state index contributed by atoms with van der Waals surface area (Å²) < 4.78 is 1.98. The second-order valence-corrected chi connectivity index (χ2v) is 5.65. The van der Waals surface area contributed by atoms with E-state index in [1.165, 1.54) is 12.8 Å². The van der Waals surface area contributed by atoms with Crippen LogP contribution in [0.15, 0.2) is 17.8 Å². The summed E-state index contributed by atoms with van der Waals surface area (Å²) in [5.41, 5.74) is 2.27. The van der Waals surface area contributed by atoms with Crippen LogP contribution in [0.25, 0.3) is 10.6 Å². The Balaban J connectivity index is 1.66. The average Bonchev–Trinajstić information content (AvgIpc) is 2.90. The number of aryl methyl sites for hydroxylation is 1. The lowest BCUT2D eigenvalue weighted by Gasteiger charge is -1.97. The number of nitrogens with one attached hydrogen (secondary N) is 1. The van der Waals surface area contributed by atoms with Gasteiger partial charge in [0.15, 0.2) is 0 Å². The minimum absolute atomic E-state index is 0.738. The van der Waals surface area contributed by atoms with Crippen molar-refractivity contribution in [2.75, 3.05) is 0 Å². The number of aromatic nitrogens is 3. The highest BCUT2D eigenvalue weighted by atomic mass is 32.1.